The Morgan fingerprint density at radius 3 is 2.79 bits per heavy atom. The number of thioether (sulfide) groups is 1. The van der Waals surface area contributed by atoms with Gasteiger partial charge in [0.15, 0.2) is 10.8 Å². The molecule has 3 aromatic heterocycles. The molecular formula is C24H26N6O2S2. The van der Waals surface area contributed by atoms with Crippen molar-refractivity contribution in [3.05, 3.63) is 40.5 Å². The Labute approximate surface area is 205 Å². The summed E-state index contributed by atoms with van der Waals surface area (Å²) in [6, 6.07) is 7.08. The van der Waals surface area contributed by atoms with Crippen molar-refractivity contribution in [3.63, 3.8) is 0 Å². The van der Waals surface area contributed by atoms with Crippen molar-refractivity contribution in [1.82, 2.24) is 19.6 Å². The van der Waals surface area contributed by atoms with Crippen LogP contribution in [0.2, 0.25) is 0 Å². The third kappa shape index (κ3) is 4.39. The minimum Gasteiger partial charge on any atom is -0.326 e. The second kappa shape index (κ2) is 9.34. The molecule has 10 heteroatoms. The van der Waals surface area contributed by atoms with E-state index in [1.807, 2.05) is 4.40 Å². The molecular weight excluding hydrogens is 468 g/mol. The van der Waals surface area contributed by atoms with Gasteiger partial charge in [0.05, 0.1) is 11.1 Å². The molecule has 3 heterocycles. The summed E-state index contributed by atoms with van der Waals surface area (Å²) in [6.07, 6.45) is 4.08. The first-order valence-electron chi connectivity index (χ1n) is 11.4. The van der Waals surface area contributed by atoms with Gasteiger partial charge in [-0.1, -0.05) is 31.7 Å². The van der Waals surface area contributed by atoms with Gasteiger partial charge in [0, 0.05) is 29.6 Å². The SMILES string of the molecule is CCc1nc2sc3c(c2c2nnc(SCC(=O)Nc4cccc(NC(C)=O)c4)n12)CC[C@H](C)C3. The van der Waals surface area contributed by atoms with Crippen LogP contribution in [-0.2, 0) is 28.9 Å². The Morgan fingerprint density at radius 2 is 2.03 bits per heavy atom. The van der Waals surface area contributed by atoms with E-state index in [9.17, 15) is 9.59 Å². The highest BCUT2D eigenvalue weighted by Crippen LogP contribution is 2.39. The number of aromatic nitrogens is 4. The number of carbonyl (C=O) groups is 2. The van der Waals surface area contributed by atoms with Gasteiger partial charge in [0.25, 0.3) is 0 Å². The van der Waals surface area contributed by atoms with E-state index in [1.54, 1.807) is 35.6 Å². The number of hydrogen-bond acceptors (Lipinski definition) is 7. The molecule has 0 saturated carbocycles. The third-order valence-corrected chi connectivity index (χ3v) is 8.03. The lowest BCUT2D eigenvalue weighted by Crippen LogP contribution is -2.15. The van der Waals surface area contributed by atoms with E-state index in [-0.39, 0.29) is 17.6 Å². The molecule has 1 atom stereocenters. The number of carbonyl (C=O) groups excluding carboxylic acids is 2. The van der Waals surface area contributed by atoms with E-state index < -0.39 is 0 Å². The van der Waals surface area contributed by atoms with Crippen LogP contribution in [0, 0.1) is 5.92 Å². The van der Waals surface area contributed by atoms with Crippen molar-refractivity contribution < 1.29 is 9.59 Å². The summed E-state index contributed by atoms with van der Waals surface area (Å²) in [7, 11) is 0. The van der Waals surface area contributed by atoms with E-state index in [4.69, 9.17) is 4.98 Å². The molecule has 2 N–H and O–H groups in total. The summed E-state index contributed by atoms with van der Waals surface area (Å²) in [6.45, 7) is 5.83. The zero-order chi connectivity index (χ0) is 23.8. The van der Waals surface area contributed by atoms with Crippen molar-refractivity contribution in [2.75, 3.05) is 16.4 Å². The number of rotatable bonds is 6. The molecule has 1 aliphatic rings. The fraction of sp³-hybridized carbons (Fsp3) is 0.375. The number of anilines is 2. The zero-order valence-corrected chi connectivity index (χ0v) is 21.0. The first-order valence-corrected chi connectivity index (χ1v) is 13.2. The van der Waals surface area contributed by atoms with Crippen molar-refractivity contribution in [1.29, 1.82) is 0 Å². The maximum atomic E-state index is 12.6. The van der Waals surface area contributed by atoms with Crippen LogP contribution in [0.25, 0.3) is 15.9 Å². The molecule has 0 fully saturated rings. The minimum absolute atomic E-state index is 0.157. The zero-order valence-electron chi connectivity index (χ0n) is 19.3. The quantitative estimate of drug-likeness (QED) is 0.376. The third-order valence-electron chi connectivity index (χ3n) is 5.95. The van der Waals surface area contributed by atoms with Gasteiger partial charge in [0.1, 0.15) is 10.7 Å². The fourth-order valence-corrected chi connectivity index (χ4v) is 6.56. The molecule has 0 bridgehead atoms. The maximum Gasteiger partial charge on any atom is 0.234 e. The number of nitrogens with zero attached hydrogens (tertiary/aromatic N) is 4. The van der Waals surface area contributed by atoms with Crippen LogP contribution >= 0.6 is 23.1 Å². The Morgan fingerprint density at radius 1 is 1.24 bits per heavy atom. The summed E-state index contributed by atoms with van der Waals surface area (Å²) in [4.78, 5) is 31.3. The summed E-state index contributed by atoms with van der Waals surface area (Å²) < 4.78 is 2.02. The summed E-state index contributed by atoms with van der Waals surface area (Å²) in [5.41, 5.74) is 3.48. The van der Waals surface area contributed by atoms with Crippen LogP contribution in [-0.4, -0.2) is 37.1 Å². The predicted molar refractivity (Wildman–Crippen MR) is 137 cm³/mol. The molecule has 8 nitrogen and oxygen atoms in total. The monoisotopic (exact) mass is 494 g/mol. The first kappa shape index (κ1) is 22.8. The molecule has 0 radical (unpaired) electrons. The van der Waals surface area contributed by atoms with E-state index in [0.717, 1.165) is 41.0 Å². The second-order valence-corrected chi connectivity index (χ2v) is 10.7. The Kier molecular flexibility index (Phi) is 6.26. The molecule has 4 aromatic rings. The van der Waals surface area contributed by atoms with E-state index in [0.29, 0.717) is 22.4 Å². The standard InChI is InChI=1S/C24H26N6O2S2/c1-4-19-27-23-21(17-9-8-13(2)10-18(17)34-23)22-28-29-24(30(19)22)33-12-20(32)26-16-7-5-6-15(11-16)25-14(3)31/h5-7,11,13H,4,8-10,12H2,1-3H3,(H,25,31)(H,26,32)/t13-/m0/s1. The van der Waals surface area contributed by atoms with Gasteiger partial charge in [-0.15, -0.1) is 21.5 Å². The highest BCUT2D eigenvalue weighted by molar-refractivity contribution is 7.99. The average molecular weight is 495 g/mol. The fourth-order valence-electron chi connectivity index (χ4n) is 4.41. The van der Waals surface area contributed by atoms with Gasteiger partial charge in [-0.05, 0) is 48.9 Å². The van der Waals surface area contributed by atoms with Crippen molar-refractivity contribution in [2.45, 2.75) is 51.6 Å². The highest BCUT2D eigenvalue weighted by Gasteiger charge is 2.25. The van der Waals surface area contributed by atoms with Crippen molar-refractivity contribution in [2.24, 2.45) is 5.92 Å². The minimum atomic E-state index is -0.159. The summed E-state index contributed by atoms with van der Waals surface area (Å²) in [5.74, 6) is 1.48. The molecule has 2 amide bonds. The molecule has 176 valence electrons. The topological polar surface area (TPSA) is 101 Å². The molecule has 0 spiro atoms. The van der Waals surface area contributed by atoms with Crippen molar-refractivity contribution in [3.8, 4) is 0 Å². The van der Waals surface area contributed by atoms with Crippen LogP contribution in [0.4, 0.5) is 11.4 Å². The summed E-state index contributed by atoms with van der Waals surface area (Å²) >= 11 is 3.14. The van der Waals surface area contributed by atoms with Gasteiger partial charge >= 0.3 is 0 Å². The molecule has 0 saturated heterocycles. The van der Waals surface area contributed by atoms with Crippen LogP contribution in [0.5, 0.6) is 0 Å². The smallest absolute Gasteiger partial charge is 0.234 e. The number of amides is 2. The average Bonchev–Trinajstić information content (AvgIpc) is 3.37. The first-order chi connectivity index (χ1) is 16.4. The number of thiophene rings is 1. The molecule has 0 aliphatic heterocycles. The van der Waals surface area contributed by atoms with Crippen LogP contribution in [0.3, 0.4) is 0 Å². The number of fused-ring (bicyclic) bond motifs is 5. The largest absolute Gasteiger partial charge is 0.326 e. The Hall–Kier alpha value is -2.98. The molecule has 0 unspecified atom stereocenters. The van der Waals surface area contributed by atoms with Crippen LogP contribution < -0.4 is 10.6 Å². The predicted octanol–water partition coefficient (Wildman–Crippen LogP) is 4.72. The van der Waals surface area contributed by atoms with Gasteiger partial charge in [-0.3, -0.25) is 14.0 Å². The van der Waals surface area contributed by atoms with Crippen molar-refractivity contribution >= 4 is 62.2 Å². The number of nitrogens with one attached hydrogen (secondary N) is 2. The summed E-state index contributed by atoms with van der Waals surface area (Å²) in [5, 5.41) is 16.4. The Bertz CT molecular complexity index is 1410. The van der Waals surface area contributed by atoms with E-state index in [1.165, 1.54) is 35.5 Å². The number of aryl methyl sites for hydroxylation is 2. The molecule has 5 rings (SSSR count). The van der Waals surface area contributed by atoms with Gasteiger partial charge < -0.3 is 10.6 Å². The van der Waals surface area contributed by atoms with Gasteiger partial charge in [0.2, 0.25) is 11.8 Å². The Balaban J connectivity index is 1.39. The van der Waals surface area contributed by atoms with Crippen LogP contribution in [0.15, 0.2) is 29.4 Å². The lowest BCUT2D eigenvalue weighted by molar-refractivity contribution is -0.114. The molecule has 1 aliphatic carbocycles. The normalized spacial score (nSPS) is 15.4. The molecule has 1 aromatic carbocycles. The molecule has 34 heavy (non-hydrogen) atoms. The van der Waals surface area contributed by atoms with Crippen LogP contribution in [0.1, 0.15) is 43.5 Å². The number of hydrogen-bond donors (Lipinski definition) is 2. The van der Waals surface area contributed by atoms with Gasteiger partial charge in [-0.2, -0.15) is 0 Å². The second-order valence-electron chi connectivity index (χ2n) is 8.65. The lowest BCUT2D eigenvalue weighted by atomic mass is 9.89. The van der Waals surface area contributed by atoms with E-state index in [2.05, 4.69) is 34.7 Å². The highest BCUT2D eigenvalue weighted by atomic mass is 32.2. The maximum absolute atomic E-state index is 12.6. The van der Waals surface area contributed by atoms with E-state index >= 15 is 0 Å². The van der Waals surface area contributed by atoms with Gasteiger partial charge in [-0.25, -0.2) is 4.98 Å². The lowest BCUT2D eigenvalue weighted by Gasteiger charge is -2.17. The number of benzene rings is 1.